The average molecular weight is 327 g/mol. The number of nitrogens with zero attached hydrogens (tertiary/aromatic N) is 4. The standard InChI is InChI=1S/C17H21N5O2/c1-4-7-18-16-15-17(20-10-19-16)22(11-21-15)9-12-5-6-13(23-2)14(8-12)24-3/h5-6,8,10-11H,4,7,9H2,1-3H3,(H,18,19,20). The van der Waals surface area contributed by atoms with Crippen molar-refractivity contribution < 1.29 is 9.47 Å². The molecule has 0 saturated heterocycles. The van der Waals surface area contributed by atoms with E-state index < -0.39 is 0 Å². The van der Waals surface area contributed by atoms with Crippen molar-refractivity contribution >= 4 is 17.0 Å². The molecular weight excluding hydrogens is 306 g/mol. The fourth-order valence-electron chi connectivity index (χ4n) is 2.54. The first-order valence-corrected chi connectivity index (χ1v) is 7.87. The van der Waals surface area contributed by atoms with Crippen LogP contribution >= 0.6 is 0 Å². The van der Waals surface area contributed by atoms with Crippen LogP contribution in [-0.4, -0.2) is 40.3 Å². The number of rotatable bonds is 7. The number of fused-ring (bicyclic) bond motifs is 1. The molecule has 0 saturated carbocycles. The number of hydrogen-bond acceptors (Lipinski definition) is 6. The zero-order chi connectivity index (χ0) is 16.9. The van der Waals surface area contributed by atoms with E-state index in [9.17, 15) is 0 Å². The molecule has 0 fully saturated rings. The van der Waals surface area contributed by atoms with Crippen molar-refractivity contribution in [2.24, 2.45) is 0 Å². The quantitative estimate of drug-likeness (QED) is 0.719. The molecule has 126 valence electrons. The zero-order valence-electron chi connectivity index (χ0n) is 14.1. The van der Waals surface area contributed by atoms with Gasteiger partial charge in [-0.3, -0.25) is 0 Å². The maximum absolute atomic E-state index is 5.36. The van der Waals surface area contributed by atoms with Crippen LogP contribution in [0.3, 0.4) is 0 Å². The average Bonchev–Trinajstić information content (AvgIpc) is 3.03. The van der Waals surface area contributed by atoms with Gasteiger partial charge in [-0.25, -0.2) is 15.0 Å². The van der Waals surface area contributed by atoms with Crippen LogP contribution in [0.15, 0.2) is 30.9 Å². The minimum Gasteiger partial charge on any atom is -0.493 e. The Morgan fingerprint density at radius 1 is 1.08 bits per heavy atom. The van der Waals surface area contributed by atoms with E-state index in [4.69, 9.17) is 9.47 Å². The maximum atomic E-state index is 5.36. The van der Waals surface area contributed by atoms with Crippen LogP contribution in [0.25, 0.3) is 11.2 Å². The van der Waals surface area contributed by atoms with Gasteiger partial charge in [-0.05, 0) is 24.1 Å². The Morgan fingerprint density at radius 2 is 1.92 bits per heavy atom. The smallest absolute Gasteiger partial charge is 0.165 e. The highest BCUT2D eigenvalue weighted by atomic mass is 16.5. The number of benzene rings is 1. The number of ether oxygens (including phenoxy) is 2. The van der Waals surface area contributed by atoms with Crippen LogP contribution in [-0.2, 0) is 6.54 Å². The van der Waals surface area contributed by atoms with E-state index >= 15 is 0 Å². The van der Waals surface area contributed by atoms with E-state index in [2.05, 4.69) is 27.2 Å². The largest absolute Gasteiger partial charge is 0.493 e. The van der Waals surface area contributed by atoms with Gasteiger partial charge in [0.25, 0.3) is 0 Å². The molecule has 0 bridgehead atoms. The number of hydrogen-bond donors (Lipinski definition) is 1. The Bertz CT molecular complexity index is 831. The summed E-state index contributed by atoms with van der Waals surface area (Å²) in [6.07, 6.45) is 4.37. The van der Waals surface area contributed by atoms with Gasteiger partial charge in [0.05, 0.1) is 27.1 Å². The predicted octanol–water partition coefficient (Wildman–Crippen LogP) is 2.71. The number of aromatic nitrogens is 4. The Labute approximate surface area is 140 Å². The topological polar surface area (TPSA) is 74.1 Å². The third-order valence-electron chi connectivity index (χ3n) is 3.74. The van der Waals surface area contributed by atoms with Crippen molar-refractivity contribution in [1.82, 2.24) is 19.5 Å². The highest BCUT2D eigenvalue weighted by molar-refractivity contribution is 5.82. The molecule has 3 rings (SSSR count). The summed E-state index contributed by atoms with van der Waals surface area (Å²) < 4.78 is 12.6. The molecule has 0 amide bonds. The molecular formula is C17H21N5O2. The SMILES string of the molecule is CCCNc1ncnc2c1ncn2Cc1ccc(OC)c(OC)c1. The first-order chi connectivity index (χ1) is 11.8. The molecule has 0 atom stereocenters. The fraction of sp³-hybridized carbons (Fsp3) is 0.353. The van der Waals surface area contributed by atoms with Gasteiger partial charge < -0.3 is 19.4 Å². The third-order valence-corrected chi connectivity index (χ3v) is 3.74. The van der Waals surface area contributed by atoms with Crippen LogP contribution < -0.4 is 14.8 Å². The molecule has 0 radical (unpaired) electrons. The van der Waals surface area contributed by atoms with E-state index in [0.29, 0.717) is 18.0 Å². The van der Waals surface area contributed by atoms with Crippen LogP contribution in [0.1, 0.15) is 18.9 Å². The molecule has 0 aliphatic carbocycles. The summed E-state index contributed by atoms with van der Waals surface area (Å²) in [6, 6.07) is 5.86. The first kappa shape index (κ1) is 16.0. The third kappa shape index (κ3) is 3.10. The molecule has 0 unspecified atom stereocenters. The lowest BCUT2D eigenvalue weighted by molar-refractivity contribution is 0.354. The molecule has 0 aliphatic heterocycles. The van der Waals surface area contributed by atoms with Crippen LogP contribution in [0, 0.1) is 0 Å². The van der Waals surface area contributed by atoms with Crippen LogP contribution in [0.5, 0.6) is 11.5 Å². The minimum atomic E-state index is 0.640. The van der Waals surface area contributed by atoms with Crippen molar-refractivity contribution in [2.75, 3.05) is 26.1 Å². The van der Waals surface area contributed by atoms with E-state index in [1.165, 1.54) is 0 Å². The number of imidazole rings is 1. The van der Waals surface area contributed by atoms with E-state index in [1.54, 1.807) is 26.9 Å². The number of anilines is 1. The molecule has 7 heteroatoms. The van der Waals surface area contributed by atoms with Gasteiger partial charge in [0, 0.05) is 6.54 Å². The number of nitrogens with one attached hydrogen (secondary N) is 1. The molecule has 0 spiro atoms. The Balaban J connectivity index is 1.90. The van der Waals surface area contributed by atoms with Gasteiger partial charge in [0.2, 0.25) is 0 Å². The zero-order valence-corrected chi connectivity index (χ0v) is 14.1. The fourth-order valence-corrected chi connectivity index (χ4v) is 2.54. The van der Waals surface area contributed by atoms with Gasteiger partial charge in [-0.2, -0.15) is 0 Å². The lowest BCUT2D eigenvalue weighted by Crippen LogP contribution is -2.04. The first-order valence-electron chi connectivity index (χ1n) is 7.87. The summed E-state index contributed by atoms with van der Waals surface area (Å²) in [6.45, 7) is 3.61. The van der Waals surface area contributed by atoms with Crippen molar-refractivity contribution in [3.05, 3.63) is 36.4 Å². The lowest BCUT2D eigenvalue weighted by atomic mass is 10.2. The van der Waals surface area contributed by atoms with E-state index in [1.807, 2.05) is 22.8 Å². The highest BCUT2D eigenvalue weighted by Crippen LogP contribution is 2.28. The molecule has 3 aromatic rings. The molecule has 2 heterocycles. The van der Waals surface area contributed by atoms with Crippen LogP contribution in [0.2, 0.25) is 0 Å². The molecule has 1 N–H and O–H groups in total. The van der Waals surface area contributed by atoms with Crippen LogP contribution in [0.4, 0.5) is 5.82 Å². The predicted molar refractivity (Wildman–Crippen MR) is 92.8 cm³/mol. The molecule has 7 nitrogen and oxygen atoms in total. The normalized spacial score (nSPS) is 10.8. The summed E-state index contributed by atoms with van der Waals surface area (Å²) in [4.78, 5) is 13.1. The Morgan fingerprint density at radius 3 is 2.67 bits per heavy atom. The van der Waals surface area contributed by atoms with Crippen molar-refractivity contribution in [2.45, 2.75) is 19.9 Å². The highest BCUT2D eigenvalue weighted by Gasteiger charge is 2.11. The second-order valence-corrected chi connectivity index (χ2v) is 5.38. The second-order valence-electron chi connectivity index (χ2n) is 5.38. The summed E-state index contributed by atoms with van der Waals surface area (Å²) in [5.41, 5.74) is 2.67. The Kier molecular flexibility index (Phi) is 4.79. The van der Waals surface area contributed by atoms with Gasteiger partial charge in [0.15, 0.2) is 23.0 Å². The molecule has 24 heavy (non-hydrogen) atoms. The van der Waals surface area contributed by atoms with Crippen molar-refractivity contribution in [1.29, 1.82) is 0 Å². The van der Waals surface area contributed by atoms with Gasteiger partial charge in [0.1, 0.15) is 11.8 Å². The van der Waals surface area contributed by atoms with Gasteiger partial charge in [-0.1, -0.05) is 13.0 Å². The summed E-state index contributed by atoms with van der Waals surface area (Å²) >= 11 is 0. The van der Waals surface area contributed by atoms with E-state index in [-0.39, 0.29) is 0 Å². The minimum absolute atomic E-state index is 0.640. The van der Waals surface area contributed by atoms with Gasteiger partial charge >= 0.3 is 0 Å². The molecule has 1 aromatic carbocycles. The van der Waals surface area contributed by atoms with Crippen molar-refractivity contribution in [3.8, 4) is 11.5 Å². The molecule has 0 aliphatic rings. The number of methoxy groups -OCH3 is 2. The van der Waals surface area contributed by atoms with E-state index in [0.717, 1.165) is 35.5 Å². The lowest BCUT2D eigenvalue weighted by Gasteiger charge is -2.10. The van der Waals surface area contributed by atoms with Crippen molar-refractivity contribution in [3.63, 3.8) is 0 Å². The van der Waals surface area contributed by atoms with Gasteiger partial charge in [-0.15, -0.1) is 0 Å². The summed E-state index contributed by atoms with van der Waals surface area (Å²) in [5, 5.41) is 3.28. The second kappa shape index (κ2) is 7.16. The Hall–Kier alpha value is -2.83. The molecule has 2 aromatic heterocycles. The maximum Gasteiger partial charge on any atom is 0.165 e. The summed E-state index contributed by atoms with van der Waals surface area (Å²) in [5.74, 6) is 2.19. The monoisotopic (exact) mass is 327 g/mol. The summed E-state index contributed by atoms with van der Waals surface area (Å²) in [7, 11) is 3.26.